The van der Waals surface area contributed by atoms with Crippen molar-refractivity contribution in [3.63, 3.8) is 0 Å². The molecule has 1 saturated heterocycles. The summed E-state index contributed by atoms with van der Waals surface area (Å²) in [5.74, 6) is 0.514. The van der Waals surface area contributed by atoms with Crippen LogP contribution in [-0.2, 0) is 13.0 Å². The molecular formula is C17H23N5O. The maximum Gasteiger partial charge on any atom is 0.257 e. The summed E-state index contributed by atoms with van der Waals surface area (Å²) >= 11 is 0. The summed E-state index contributed by atoms with van der Waals surface area (Å²) in [6.07, 6.45) is 7.69. The van der Waals surface area contributed by atoms with Crippen molar-refractivity contribution in [3.8, 4) is 0 Å². The number of carbonyl (C=O) groups excluding carboxylic acids is 1. The number of nitrogens with one attached hydrogen (secondary N) is 1. The molecular weight excluding hydrogens is 290 g/mol. The zero-order chi connectivity index (χ0) is 16.0. The standard InChI is InChI=1S/C17H23N5O/c1-3-22-11(2)13(9-20-22)17(23)21-8-4-5-12-15(21)7-6-14-16(12)19-10-18-14/h9-10,12,15H,3-8H2,1-2H3,(H,18,19). The number of carbonyl (C=O) groups is 1. The molecule has 1 aliphatic heterocycles. The molecule has 2 atom stereocenters. The van der Waals surface area contributed by atoms with Crippen LogP contribution in [0.25, 0.3) is 0 Å². The lowest BCUT2D eigenvalue weighted by Gasteiger charge is -2.43. The van der Waals surface area contributed by atoms with Gasteiger partial charge in [0.1, 0.15) is 0 Å². The molecule has 0 aromatic carbocycles. The zero-order valence-corrected chi connectivity index (χ0v) is 13.7. The number of aromatic amines is 1. The fourth-order valence-corrected chi connectivity index (χ4v) is 4.26. The maximum atomic E-state index is 13.1. The Labute approximate surface area is 135 Å². The molecule has 1 amide bonds. The van der Waals surface area contributed by atoms with Gasteiger partial charge >= 0.3 is 0 Å². The van der Waals surface area contributed by atoms with Crippen LogP contribution >= 0.6 is 0 Å². The topological polar surface area (TPSA) is 66.8 Å². The van der Waals surface area contributed by atoms with Gasteiger partial charge in [0.15, 0.2) is 0 Å². The van der Waals surface area contributed by atoms with Crippen LogP contribution in [-0.4, -0.2) is 43.1 Å². The third kappa shape index (κ3) is 2.19. The van der Waals surface area contributed by atoms with Crippen LogP contribution in [0.3, 0.4) is 0 Å². The van der Waals surface area contributed by atoms with Crippen molar-refractivity contribution in [3.05, 3.63) is 35.2 Å². The molecule has 3 heterocycles. The first-order chi connectivity index (χ1) is 11.2. The number of imidazole rings is 1. The molecule has 1 fully saturated rings. The third-order valence-electron chi connectivity index (χ3n) is 5.47. The van der Waals surface area contributed by atoms with E-state index in [9.17, 15) is 4.79 Å². The summed E-state index contributed by atoms with van der Waals surface area (Å²) in [5.41, 5.74) is 4.16. The molecule has 1 aliphatic carbocycles. The van der Waals surface area contributed by atoms with Gasteiger partial charge in [-0.15, -0.1) is 0 Å². The number of hydrogen-bond donors (Lipinski definition) is 1. The van der Waals surface area contributed by atoms with Crippen molar-refractivity contribution in [1.82, 2.24) is 24.6 Å². The lowest BCUT2D eigenvalue weighted by Crippen LogP contribution is -2.49. The molecule has 122 valence electrons. The summed E-state index contributed by atoms with van der Waals surface area (Å²) in [6, 6.07) is 0.274. The predicted molar refractivity (Wildman–Crippen MR) is 86.3 cm³/mol. The Morgan fingerprint density at radius 2 is 2.30 bits per heavy atom. The Bertz CT molecular complexity index is 731. The number of H-pyrrole nitrogens is 1. The number of rotatable bonds is 2. The van der Waals surface area contributed by atoms with Gasteiger partial charge in [0, 0.05) is 36.4 Å². The Kier molecular flexibility index (Phi) is 3.47. The molecule has 2 unspecified atom stereocenters. The minimum Gasteiger partial charge on any atom is -0.348 e. The molecule has 0 radical (unpaired) electrons. The Balaban J connectivity index is 1.64. The highest BCUT2D eigenvalue weighted by atomic mass is 16.2. The van der Waals surface area contributed by atoms with Gasteiger partial charge in [0.05, 0.1) is 23.8 Å². The van der Waals surface area contributed by atoms with E-state index in [2.05, 4.69) is 20.0 Å². The monoisotopic (exact) mass is 313 g/mol. The third-order valence-corrected chi connectivity index (χ3v) is 5.47. The van der Waals surface area contributed by atoms with E-state index >= 15 is 0 Å². The molecule has 4 rings (SSSR count). The zero-order valence-electron chi connectivity index (χ0n) is 13.7. The van der Waals surface area contributed by atoms with Gasteiger partial charge in [-0.3, -0.25) is 9.48 Å². The van der Waals surface area contributed by atoms with Crippen molar-refractivity contribution in [2.45, 2.75) is 58.0 Å². The highest BCUT2D eigenvalue weighted by Crippen LogP contribution is 2.39. The molecule has 2 aliphatic rings. The number of aromatic nitrogens is 4. The summed E-state index contributed by atoms with van der Waals surface area (Å²) in [7, 11) is 0. The van der Waals surface area contributed by atoms with E-state index in [0.717, 1.165) is 50.0 Å². The molecule has 1 N–H and O–H groups in total. The Hall–Kier alpha value is -2.11. The molecule has 23 heavy (non-hydrogen) atoms. The highest BCUT2D eigenvalue weighted by Gasteiger charge is 2.40. The first-order valence-electron chi connectivity index (χ1n) is 8.56. The fraction of sp³-hybridized carbons (Fsp3) is 0.588. The van der Waals surface area contributed by atoms with Crippen molar-refractivity contribution < 1.29 is 4.79 Å². The van der Waals surface area contributed by atoms with E-state index in [1.54, 1.807) is 12.5 Å². The van der Waals surface area contributed by atoms with Crippen molar-refractivity contribution >= 4 is 5.91 Å². The molecule has 0 spiro atoms. The van der Waals surface area contributed by atoms with Gasteiger partial charge in [-0.2, -0.15) is 5.10 Å². The number of fused-ring (bicyclic) bond motifs is 3. The number of nitrogens with zero attached hydrogens (tertiary/aromatic N) is 4. The lowest BCUT2D eigenvalue weighted by atomic mass is 9.78. The molecule has 6 nitrogen and oxygen atoms in total. The SMILES string of the molecule is CCn1ncc(C(=O)N2CCCC3c4nc[nH]c4CCC32)c1C. The second-order valence-corrected chi connectivity index (χ2v) is 6.58. The molecule has 0 saturated carbocycles. The van der Waals surface area contributed by atoms with Crippen molar-refractivity contribution in [1.29, 1.82) is 0 Å². The average Bonchev–Trinajstić information content (AvgIpc) is 3.19. The van der Waals surface area contributed by atoms with Crippen LogP contribution < -0.4 is 0 Å². The highest BCUT2D eigenvalue weighted by molar-refractivity contribution is 5.95. The first kappa shape index (κ1) is 14.5. The normalized spacial score (nSPS) is 23.5. The minimum absolute atomic E-state index is 0.135. The van der Waals surface area contributed by atoms with Gasteiger partial charge in [-0.25, -0.2) is 4.98 Å². The van der Waals surface area contributed by atoms with Crippen LogP contribution in [0.1, 0.15) is 59.5 Å². The number of piperidine rings is 1. The van der Waals surface area contributed by atoms with E-state index in [4.69, 9.17) is 0 Å². The molecule has 0 bridgehead atoms. The Morgan fingerprint density at radius 3 is 3.09 bits per heavy atom. The summed E-state index contributed by atoms with van der Waals surface area (Å²) < 4.78 is 1.89. The second-order valence-electron chi connectivity index (χ2n) is 6.58. The van der Waals surface area contributed by atoms with Gasteiger partial charge < -0.3 is 9.88 Å². The van der Waals surface area contributed by atoms with E-state index in [1.165, 1.54) is 11.4 Å². The van der Waals surface area contributed by atoms with Gasteiger partial charge in [-0.1, -0.05) is 0 Å². The van der Waals surface area contributed by atoms with E-state index in [0.29, 0.717) is 5.92 Å². The average molecular weight is 313 g/mol. The van der Waals surface area contributed by atoms with Gasteiger partial charge in [0.25, 0.3) is 5.91 Å². The van der Waals surface area contributed by atoms with Crippen LogP contribution in [0.15, 0.2) is 12.5 Å². The predicted octanol–water partition coefficient (Wildman–Crippen LogP) is 2.27. The Morgan fingerprint density at radius 1 is 1.43 bits per heavy atom. The number of likely N-dealkylation sites (tertiary alicyclic amines) is 1. The van der Waals surface area contributed by atoms with Gasteiger partial charge in [-0.05, 0) is 39.5 Å². The second kappa shape index (κ2) is 5.51. The van der Waals surface area contributed by atoms with E-state index < -0.39 is 0 Å². The smallest absolute Gasteiger partial charge is 0.257 e. The summed E-state index contributed by atoms with van der Waals surface area (Å²) in [4.78, 5) is 23.0. The van der Waals surface area contributed by atoms with Crippen molar-refractivity contribution in [2.75, 3.05) is 6.54 Å². The summed E-state index contributed by atoms with van der Waals surface area (Å²) in [6.45, 7) is 5.67. The molecule has 2 aromatic rings. The quantitative estimate of drug-likeness (QED) is 0.925. The van der Waals surface area contributed by atoms with Crippen LogP contribution in [0.2, 0.25) is 0 Å². The fourth-order valence-electron chi connectivity index (χ4n) is 4.26. The van der Waals surface area contributed by atoms with E-state index in [1.807, 2.05) is 18.5 Å². The van der Waals surface area contributed by atoms with Crippen LogP contribution in [0, 0.1) is 6.92 Å². The summed E-state index contributed by atoms with van der Waals surface area (Å²) in [5, 5.41) is 4.33. The minimum atomic E-state index is 0.135. The van der Waals surface area contributed by atoms with Crippen molar-refractivity contribution in [2.24, 2.45) is 0 Å². The lowest BCUT2D eigenvalue weighted by molar-refractivity contribution is 0.0542. The number of aryl methyl sites for hydroxylation is 2. The largest absolute Gasteiger partial charge is 0.348 e. The van der Waals surface area contributed by atoms with Crippen LogP contribution in [0.5, 0.6) is 0 Å². The molecule has 6 heteroatoms. The van der Waals surface area contributed by atoms with E-state index in [-0.39, 0.29) is 11.9 Å². The maximum absolute atomic E-state index is 13.1. The van der Waals surface area contributed by atoms with Crippen LogP contribution in [0.4, 0.5) is 0 Å². The first-order valence-corrected chi connectivity index (χ1v) is 8.56. The van der Waals surface area contributed by atoms with Gasteiger partial charge in [0.2, 0.25) is 0 Å². The number of amides is 1. The molecule has 2 aromatic heterocycles. The number of hydrogen-bond acceptors (Lipinski definition) is 3.